The molecule has 0 bridgehead atoms. The highest BCUT2D eigenvalue weighted by molar-refractivity contribution is 5.93. The van der Waals surface area contributed by atoms with Gasteiger partial charge in [-0.1, -0.05) is 6.07 Å². The lowest BCUT2D eigenvalue weighted by molar-refractivity contribution is -0.119. The number of nitrogens with two attached hydrogens (primary N) is 1. The second-order valence-electron chi connectivity index (χ2n) is 6.08. The normalized spacial score (nSPS) is 20.1. The summed E-state index contributed by atoms with van der Waals surface area (Å²) in [5.74, 6) is 0.643. The smallest absolute Gasteiger partial charge is 0.227 e. The molecule has 0 spiro atoms. The number of rotatable bonds is 3. The molecule has 1 aliphatic rings. The SMILES string of the molecule is Cc1coc(-c2cc(NC(=O)C3CCC(N)C3)ccc2C)n1.Cl. The average molecular weight is 336 g/mol. The zero-order chi connectivity index (χ0) is 15.7. The van der Waals surface area contributed by atoms with Crippen molar-refractivity contribution in [3.8, 4) is 11.5 Å². The summed E-state index contributed by atoms with van der Waals surface area (Å²) < 4.78 is 5.46. The minimum Gasteiger partial charge on any atom is -0.444 e. The highest BCUT2D eigenvalue weighted by atomic mass is 35.5. The number of nitrogens with zero attached hydrogens (tertiary/aromatic N) is 1. The van der Waals surface area contributed by atoms with E-state index in [2.05, 4.69) is 10.3 Å². The van der Waals surface area contributed by atoms with E-state index in [1.165, 1.54) is 0 Å². The van der Waals surface area contributed by atoms with Crippen molar-refractivity contribution in [2.24, 2.45) is 11.7 Å². The van der Waals surface area contributed by atoms with E-state index in [-0.39, 0.29) is 30.3 Å². The van der Waals surface area contributed by atoms with Crippen LogP contribution in [0.25, 0.3) is 11.5 Å². The van der Waals surface area contributed by atoms with Crippen LogP contribution in [0, 0.1) is 19.8 Å². The number of oxazole rings is 1. The van der Waals surface area contributed by atoms with Gasteiger partial charge in [-0.3, -0.25) is 4.79 Å². The van der Waals surface area contributed by atoms with Crippen molar-refractivity contribution >= 4 is 24.0 Å². The van der Waals surface area contributed by atoms with Gasteiger partial charge in [-0.25, -0.2) is 4.98 Å². The molecule has 1 heterocycles. The van der Waals surface area contributed by atoms with E-state index in [9.17, 15) is 4.79 Å². The Labute approximate surface area is 142 Å². The second kappa shape index (κ2) is 7.15. The van der Waals surface area contributed by atoms with E-state index in [0.717, 1.165) is 41.8 Å². The summed E-state index contributed by atoms with van der Waals surface area (Å²) in [6.45, 7) is 3.88. The van der Waals surface area contributed by atoms with Gasteiger partial charge in [0.1, 0.15) is 6.26 Å². The van der Waals surface area contributed by atoms with Gasteiger partial charge < -0.3 is 15.5 Å². The average Bonchev–Trinajstić information content (AvgIpc) is 3.10. The first-order valence-electron chi connectivity index (χ1n) is 7.62. The van der Waals surface area contributed by atoms with Gasteiger partial charge in [0.2, 0.25) is 11.8 Å². The summed E-state index contributed by atoms with van der Waals surface area (Å²) in [7, 11) is 0. The van der Waals surface area contributed by atoms with Crippen LogP contribution in [0.3, 0.4) is 0 Å². The first kappa shape index (κ1) is 17.5. The van der Waals surface area contributed by atoms with Crippen molar-refractivity contribution in [2.45, 2.75) is 39.2 Å². The molecule has 1 amide bonds. The third kappa shape index (κ3) is 3.92. The number of benzene rings is 1. The van der Waals surface area contributed by atoms with Crippen molar-refractivity contribution in [2.75, 3.05) is 5.32 Å². The number of hydrogen-bond donors (Lipinski definition) is 2. The molecule has 3 rings (SSSR count). The fourth-order valence-electron chi connectivity index (χ4n) is 2.91. The molecular weight excluding hydrogens is 314 g/mol. The molecule has 1 aromatic heterocycles. The molecule has 3 N–H and O–H groups in total. The number of hydrogen-bond acceptors (Lipinski definition) is 4. The van der Waals surface area contributed by atoms with Crippen LogP contribution in [0.2, 0.25) is 0 Å². The molecule has 23 heavy (non-hydrogen) atoms. The number of aryl methyl sites for hydroxylation is 2. The van der Waals surface area contributed by atoms with Gasteiger partial charge >= 0.3 is 0 Å². The van der Waals surface area contributed by atoms with Crippen molar-refractivity contribution in [3.63, 3.8) is 0 Å². The fourth-order valence-corrected chi connectivity index (χ4v) is 2.91. The van der Waals surface area contributed by atoms with E-state index in [4.69, 9.17) is 10.2 Å². The van der Waals surface area contributed by atoms with Gasteiger partial charge in [0.05, 0.1) is 5.69 Å². The van der Waals surface area contributed by atoms with E-state index >= 15 is 0 Å². The Morgan fingerprint density at radius 2 is 2.13 bits per heavy atom. The molecule has 1 aromatic carbocycles. The molecule has 5 nitrogen and oxygen atoms in total. The van der Waals surface area contributed by atoms with Crippen LogP contribution >= 0.6 is 12.4 Å². The lowest BCUT2D eigenvalue weighted by atomic mass is 10.1. The Balaban J connectivity index is 0.00000192. The molecule has 2 atom stereocenters. The summed E-state index contributed by atoms with van der Waals surface area (Å²) in [6, 6.07) is 5.93. The first-order chi connectivity index (χ1) is 10.5. The molecule has 0 saturated heterocycles. The largest absolute Gasteiger partial charge is 0.444 e. The maximum absolute atomic E-state index is 12.3. The van der Waals surface area contributed by atoms with Gasteiger partial charge in [0.15, 0.2) is 0 Å². The number of halogens is 1. The lowest BCUT2D eigenvalue weighted by Crippen LogP contribution is -2.23. The zero-order valence-corrected chi connectivity index (χ0v) is 14.2. The highest BCUT2D eigenvalue weighted by Crippen LogP contribution is 2.28. The summed E-state index contributed by atoms with van der Waals surface area (Å²) in [6.07, 6.45) is 4.18. The molecule has 0 radical (unpaired) electrons. The maximum atomic E-state index is 12.3. The predicted molar refractivity (Wildman–Crippen MR) is 92.6 cm³/mol. The van der Waals surface area contributed by atoms with Crippen LogP contribution in [-0.4, -0.2) is 16.9 Å². The number of aromatic nitrogens is 1. The Hall–Kier alpha value is -1.85. The minimum atomic E-state index is 0. The molecular formula is C17H22ClN3O2. The Morgan fingerprint density at radius 1 is 1.35 bits per heavy atom. The van der Waals surface area contributed by atoms with Crippen LogP contribution in [0.5, 0.6) is 0 Å². The standard InChI is InChI=1S/C17H21N3O2.ClH/c1-10-3-6-14(8-15(10)17-19-11(2)9-22-17)20-16(21)12-4-5-13(18)7-12;/h3,6,8-9,12-13H,4-5,7,18H2,1-2H3,(H,20,21);1H. The Bertz CT molecular complexity index is 699. The van der Waals surface area contributed by atoms with Gasteiger partial charge in [-0.2, -0.15) is 0 Å². The van der Waals surface area contributed by atoms with E-state index < -0.39 is 0 Å². The van der Waals surface area contributed by atoms with E-state index in [1.54, 1.807) is 6.26 Å². The lowest BCUT2D eigenvalue weighted by Gasteiger charge is -2.12. The Morgan fingerprint density at radius 3 is 2.74 bits per heavy atom. The third-order valence-electron chi connectivity index (χ3n) is 4.20. The van der Waals surface area contributed by atoms with Gasteiger partial charge in [0, 0.05) is 23.2 Å². The zero-order valence-electron chi connectivity index (χ0n) is 13.3. The monoisotopic (exact) mass is 335 g/mol. The van der Waals surface area contributed by atoms with Gasteiger partial charge in [0.25, 0.3) is 0 Å². The van der Waals surface area contributed by atoms with Crippen LogP contribution in [0.15, 0.2) is 28.9 Å². The van der Waals surface area contributed by atoms with E-state index in [1.807, 2.05) is 32.0 Å². The van der Waals surface area contributed by atoms with Crippen molar-refractivity contribution in [1.29, 1.82) is 0 Å². The first-order valence-corrected chi connectivity index (χ1v) is 7.62. The summed E-state index contributed by atoms with van der Waals surface area (Å²) in [5, 5.41) is 2.98. The summed E-state index contributed by atoms with van der Waals surface area (Å²) in [4.78, 5) is 16.6. The number of anilines is 1. The van der Waals surface area contributed by atoms with Gasteiger partial charge in [-0.05, 0) is 50.8 Å². The molecule has 1 fully saturated rings. The molecule has 6 heteroatoms. The van der Waals surface area contributed by atoms with Crippen molar-refractivity contribution in [1.82, 2.24) is 4.98 Å². The third-order valence-corrected chi connectivity index (χ3v) is 4.20. The number of amides is 1. The van der Waals surface area contributed by atoms with E-state index in [0.29, 0.717) is 5.89 Å². The molecule has 124 valence electrons. The predicted octanol–water partition coefficient (Wildman–Crippen LogP) is 3.45. The molecule has 2 unspecified atom stereocenters. The van der Waals surface area contributed by atoms with Crippen molar-refractivity contribution < 1.29 is 9.21 Å². The topological polar surface area (TPSA) is 81.2 Å². The highest BCUT2D eigenvalue weighted by Gasteiger charge is 2.27. The van der Waals surface area contributed by atoms with Crippen LogP contribution in [0.4, 0.5) is 5.69 Å². The molecule has 0 aliphatic heterocycles. The fraction of sp³-hybridized carbons (Fsp3) is 0.412. The van der Waals surface area contributed by atoms with Crippen LogP contribution < -0.4 is 11.1 Å². The quantitative estimate of drug-likeness (QED) is 0.900. The number of nitrogens with one attached hydrogen (secondary N) is 1. The van der Waals surface area contributed by atoms with Crippen LogP contribution in [0.1, 0.15) is 30.5 Å². The van der Waals surface area contributed by atoms with Crippen molar-refractivity contribution in [3.05, 3.63) is 35.7 Å². The summed E-state index contributed by atoms with van der Waals surface area (Å²) in [5.41, 5.74) is 9.44. The number of carbonyl (C=O) groups is 1. The maximum Gasteiger partial charge on any atom is 0.227 e. The number of carbonyl (C=O) groups excluding carboxylic acids is 1. The minimum absolute atomic E-state index is 0. The van der Waals surface area contributed by atoms with Crippen LogP contribution in [-0.2, 0) is 4.79 Å². The summed E-state index contributed by atoms with van der Waals surface area (Å²) >= 11 is 0. The Kier molecular flexibility index (Phi) is 5.44. The second-order valence-corrected chi connectivity index (χ2v) is 6.08. The van der Waals surface area contributed by atoms with Gasteiger partial charge in [-0.15, -0.1) is 12.4 Å². The molecule has 2 aromatic rings. The molecule has 1 aliphatic carbocycles. The molecule has 1 saturated carbocycles.